The number of rotatable bonds is 6. The van der Waals surface area contributed by atoms with Gasteiger partial charge in [0.2, 0.25) is 0 Å². The van der Waals surface area contributed by atoms with Crippen LogP contribution in [0.1, 0.15) is 111 Å². The topological polar surface area (TPSA) is 36.9 Å². The minimum Gasteiger partial charge on any atom is -0.0619 e. The number of aryl methyl sites for hydroxylation is 1. The molecule has 1 spiro atoms. The van der Waals surface area contributed by atoms with E-state index in [9.17, 15) is 0 Å². The SMILES string of the molecule is [2H]C([2H])([2H])c1cc(-n2c3cc(Oc4cccc(-n5[c](=[Pt])n(-c6cc(C(C)(C)C)cc(C(C)(C)C)c6)c6ccccc65)c4)ccc3c3cc4c(cc32)C2(c3ccccc3-c3ccccc32)c2ccccc2-4)ncc1-c1ccc(C(C)(C)C)cc1. The van der Waals surface area contributed by atoms with Crippen molar-refractivity contribution in [2.45, 2.75) is 90.8 Å². The quantitative estimate of drug-likeness (QED) is 0.166. The fraction of sp³-hybridized carbons (Fsp3) is 0.189. The van der Waals surface area contributed by atoms with Crippen molar-refractivity contribution < 1.29 is 28.2 Å². The zero-order valence-corrected chi connectivity index (χ0v) is 48.9. The second-order valence-electron chi connectivity index (χ2n) is 25.0. The average molecular weight is 1220 g/mol. The number of benzene rings is 9. The maximum atomic E-state index is 9.05. The second-order valence-corrected chi connectivity index (χ2v) is 26.0. The van der Waals surface area contributed by atoms with Gasteiger partial charge in [0.1, 0.15) is 0 Å². The van der Waals surface area contributed by atoms with Gasteiger partial charge in [-0.05, 0) is 73.5 Å². The smallest absolute Gasteiger partial charge is 0.0619 e. The van der Waals surface area contributed by atoms with Crippen molar-refractivity contribution in [3.8, 4) is 62.1 Å². The van der Waals surface area contributed by atoms with Crippen LogP contribution < -0.4 is 4.74 Å². The Balaban J connectivity index is 0.958. The van der Waals surface area contributed by atoms with Gasteiger partial charge in [-0.15, -0.1) is 0 Å². The van der Waals surface area contributed by atoms with Crippen molar-refractivity contribution >= 4 is 32.8 Å². The molecule has 2 aliphatic carbocycles. The third-order valence-electron chi connectivity index (χ3n) is 17.0. The van der Waals surface area contributed by atoms with Crippen LogP contribution in [-0.4, -0.2) is 18.7 Å². The van der Waals surface area contributed by atoms with Crippen LogP contribution in [0.15, 0.2) is 206 Å². The van der Waals surface area contributed by atoms with E-state index in [4.69, 9.17) is 13.8 Å². The van der Waals surface area contributed by atoms with E-state index in [2.05, 4.69) is 271 Å². The third kappa shape index (κ3) is 7.67. The summed E-state index contributed by atoms with van der Waals surface area (Å²) in [4.78, 5) is 5.25. The van der Waals surface area contributed by atoms with Crippen molar-refractivity contribution in [2.75, 3.05) is 0 Å². The second kappa shape index (κ2) is 17.9. The first-order valence-corrected chi connectivity index (χ1v) is 28.9. The zero-order chi connectivity index (χ0) is 57.7. The molecular formula is C74H64N4OPt. The first-order valence-electron chi connectivity index (χ1n) is 29.3. The molecule has 5 nitrogen and oxygen atoms in total. The van der Waals surface area contributed by atoms with Gasteiger partial charge in [0.15, 0.2) is 0 Å². The Bertz CT molecular complexity index is 4650. The fourth-order valence-corrected chi connectivity index (χ4v) is 14.0. The molecule has 0 bridgehead atoms. The molecule has 9 aromatic carbocycles. The summed E-state index contributed by atoms with van der Waals surface area (Å²) < 4.78 is 42.0. The number of hydrogen-bond acceptors (Lipinski definition) is 2. The molecule has 0 radical (unpaired) electrons. The molecule has 12 aromatic rings. The Labute approximate surface area is 484 Å². The summed E-state index contributed by atoms with van der Waals surface area (Å²) in [7, 11) is 0. The molecule has 2 aliphatic rings. The average Bonchev–Trinajstić information content (AvgIpc) is 2.74. The third-order valence-corrected chi connectivity index (χ3v) is 18.0. The van der Waals surface area contributed by atoms with E-state index in [1.165, 1.54) is 61.2 Å². The molecule has 0 saturated carbocycles. The molecule has 3 heterocycles. The van der Waals surface area contributed by atoms with Gasteiger partial charge in [-0.1, -0.05) is 118 Å². The summed E-state index contributed by atoms with van der Waals surface area (Å²) >= 11 is 2.48. The fourth-order valence-electron chi connectivity index (χ4n) is 12.9. The predicted molar refractivity (Wildman–Crippen MR) is 327 cm³/mol. The molecule has 0 amide bonds. The van der Waals surface area contributed by atoms with Crippen LogP contribution in [-0.2, 0) is 41.0 Å². The molecule has 0 fully saturated rings. The van der Waals surface area contributed by atoms with Gasteiger partial charge in [-0.2, -0.15) is 0 Å². The monoisotopic (exact) mass is 1220 g/mol. The van der Waals surface area contributed by atoms with Gasteiger partial charge >= 0.3 is 275 Å². The van der Waals surface area contributed by atoms with Crippen LogP contribution >= 0.6 is 0 Å². The van der Waals surface area contributed by atoms with Gasteiger partial charge < -0.3 is 0 Å². The van der Waals surface area contributed by atoms with Crippen LogP contribution in [0.4, 0.5) is 0 Å². The van der Waals surface area contributed by atoms with Gasteiger partial charge in [0.25, 0.3) is 0 Å². The number of nitrogens with zero attached hydrogens (tertiary/aromatic N) is 4. The Kier molecular flexibility index (Phi) is 10.5. The molecule has 80 heavy (non-hydrogen) atoms. The zero-order valence-electron chi connectivity index (χ0n) is 49.6. The summed E-state index contributed by atoms with van der Waals surface area (Å²) in [6, 6.07) is 71.6. The van der Waals surface area contributed by atoms with Crippen LogP contribution in [0.3, 0.4) is 0 Å². The van der Waals surface area contributed by atoms with Gasteiger partial charge in [-0.3, -0.25) is 0 Å². The van der Waals surface area contributed by atoms with Gasteiger partial charge in [0.05, 0.1) is 5.41 Å². The van der Waals surface area contributed by atoms with Crippen LogP contribution in [0.2, 0.25) is 0 Å². The molecule has 14 rings (SSSR count). The van der Waals surface area contributed by atoms with E-state index in [1.807, 2.05) is 18.2 Å². The van der Waals surface area contributed by atoms with Crippen molar-refractivity contribution in [3.63, 3.8) is 0 Å². The number of aromatic nitrogens is 4. The molecular weight excluding hydrogens is 1160 g/mol. The van der Waals surface area contributed by atoms with Crippen molar-refractivity contribution in [1.82, 2.24) is 18.7 Å². The minimum atomic E-state index is -2.45. The molecule has 0 N–H and O–H groups in total. The van der Waals surface area contributed by atoms with E-state index in [0.29, 0.717) is 22.9 Å². The van der Waals surface area contributed by atoms with Gasteiger partial charge in [-0.25, -0.2) is 0 Å². The molecule has 396 valence electrons. The first-order chi connectivity index (χ1) is 39.6. The van der Waals surface area contributed by atoms with E-state index >= 15 is 0 Å². The number of pyridine rings is 1. The van der Waals surface area contributed by atoms with E-state index < -0.39 is 12.3 Å². The van der Waals surface area contributed by atoms with Gasteiger partial charge in [0, 0.05) is 15.9 Å². The molecule has 0 unspecified atom stereocenters. The van der Waals surface area contributed by atoms with E-state index in [-0.39, 0.29) is 21.8 Å². The Morgan fingerprint density at radius 2 is 0.975 bits per heavy atom. The summed E-state index contributed by atoms with van der Waals surface area (Å²) in [5, 5.41) is 2.03. The normalized spacial score (nSPS) is 14.3. The molecule has 6 heteroatoms. The number of ether oxygens (including phenoxy) is 1. The molecule has 3 aromatic heterocycles. The van der Waals surface area contributed by atoms with Crippen molar-refractivity contribution in [2.24, 2.45) is 0 Å². The van der Waals surface area contributed by atoms with Crippen LogP contribution in [0, 0.1) is 10.7 Å². The number of fused-ring (bicyclic) bond motifs is 14. The van der Waals surface area contributed by atoms with E-state index in [0.717, 1.165) is 53.6 Å². The molecule has 0 atom stereocenters. The number of hydrogen-bond donors (Lipinski definition) is 0. The summed E-state index contributed by atoms with van der Waals surface area (Å²) in [6.07, 6.45) is 1.75. The Hall–Kier alpha value is -8.11. The Morgan fingerprint density at radius 1 is 0.425 bits per heavy atom. The Morgan fingerprint density at radius 3 is 1.57 bits per heavy atom. The van der Waals surface area contributed by atoms with Crippen molar-refractivity contribution in [3.05, 3.63) is 255 Å². The summed E-state index contributed by atoms with van der Waals surface area (Å²) in [5.74, 6) is 1.82. The molecule has 0 saturated heterocycles. The standard InChI is InChI=1S/C74H64N4O.Pt/c1-46-36-70(75-44-61(46)47-30-32-48(33-31-47)71(2,3)4)78-68-41-54(79-53-21-19-20-51(40-53)76-45-77(67-29-18-17-28-66(67)76)52-38-49(72(5,6)7)37-50(39-52)73(8,9)10)34-35-58(68)60-42-59-57-24-13-16-27-64(57)74(65(59)43-69(60)78)62-25-14-11-22-55(62)56-23-12-15-26-63(56)74;/h11-44H,1-10H3;/i1D3;. The maximum absolute atomic E-state index is 9.05. The van der Waals surface area contributed by atoms with Crippen LogP contribution in [0.25, 0.3) is 83.4 Å². The number of imidazole rings is 1. The van der Waals surface area contributed by atoms with Crippen molar-refractivity contribution in [1.29, 1.82) is 0 Å². The summed E-state index contributed by atoms with van der Waals surface area (Å²) in [6.45, 7) is 17.8. The minimum absolute atomic E-state index is 0.0464. The predicted octanol–water partition coefficient (Wildman–Crippen LogP) is 19.0. The first kappa shape index (κ1) is 46.8. The van der Waals surface area contributed by atoms with Crippen LogP contribution in [0.5, 0.6) is 11.5 Å². The summed E-state index contributed by atoms with van der Waals surface area (Å²) in [5.41, 5.74) is 20.4. The number of para-hydroxylation sites is 2. The van der Waals surface area contributed by atoms with E-state index in [1.54, 1.807) is 12.3 Å². The molecule has 0 aliphatic heterocycles.